The Morgan fingerprint density at radius 2 is 1.77 bits per heavy atom. The number of H-pyrrole nitrogens is 1. The molecule has 1 unspecified atom stereocenters. The van der Waals surface area contributed by atoms with E-state index in [0.717, 1.165) is 67.6 Å². The Bertz CT molecular complexity index is 1110. The molecule has 5 rings (SSSR count). The number of aromatic nitrogens is 4. The normalized spacial score (nSPS) is 19.8. The van der Waals surface area contributed by atoms with Crippen LogP contribution in [0.5, 0.6) is 0 Å². The Kier molecular flexibility index (Phi) is 6.61. The maximum absolute atomic E-state index is 12.9. The first-order valence-electron chi connectivity index (χ1n) is 11.7. The standard InChI is InChI=1S/C24H28F3N7O/c1-17-15-32(6-7-34(17)22-5-3-20(14-29-22)24(25,26)27)16-19-13-30-31-23(19)18-2-4-21(28-12-18)33-8-10-35-11-9-33/h2-5,12-14,17H,6-11,15-16H2,1H3,(H,30,31). The Hall–Kier alpha value is -3.18. The van der Waals surface area contributed by atoms with Crippen molar-refractivity contribution in [1.29, 1.82) is 0 Å². The van der Waals surface area contributed by atoms with Crippen LogP contribution in [0.25, 0.3) is 11.3 Å². The van der Waals surface area contributed by atoms with Gasteiger partial charge in [0.2, 0.25) is 0 Å². The van der Waals surface area contributed by atoms with Crippen LogP contribution in [0.3, 0.4) is 0 Å². The summed E-state index contributed by atoms with van der Waals surface area (Å²) in [5.41, 5.74) is 2.19. The van der Waals surface area contributed by atoms with Crippen molar-refractivity contribution in [2.75, 3.05) is 55.7 Å². The second-order valence-electron chi connectivity index (χ2n) is 8.94. The fourth-order valence-corrected chi connectivity index (χ4v) is 4.67. The summed E-state index contributed by atoms with van der Waals surface area (Å²) in [4.78, 5) is 15.3. The van der Waals surface area contributed by atoms with Crippen LogP contribution in [0, 0.1) is 0 Å². The van der Waals surface area contributed by atoms with E-state index in [1.165, 1.54) is 6.07 Å². The molecule has 35 heavy (non-hydrogen) atoms. The Balaban J connectivity index is 1.22. The summed E-state index contributed by atoms with van der Waals surface area (Å²) in [6.07, 6.45) is 0.308. The van der Waals surface area contributed by atoms with E-state index in [2.05, 4.69) is 41.8 Å². The van der Waals surface area contributed by atoms with Gasteiger partial charge in [-0.3, -0.25) is 10.00 Å². The molecule has 0 aromatic carbocycles. The molecule has 3 aromatic rings. The van der Waals surface area contributed by atoms with E-state index in [4.69, 9.17) is 4.74 Å². The number of halogens is 3. The molecule has 0 saturated carbocycles. The number of hydrogen-bond donors (Lipinski definition) is 1. The maximum atomic E-state index is 12.9. The van der Waals surface area contributed by atoms with E-state index in [9.17, 15) is 13.2 Å². The monoisotopic (exact) mass is 487 g/mol. The van der Waals surface area contributed by atoms with E-state index in [1.807, 2.05) is 24.5 Å². The lowest BCUT2D eigenvalue weighted by Gasteiger charge is -2.40. The number of aromatic amines is 1. The minimum absolute atomic E-state index is 0.109. The molecule has 0 aliphatic carbocycles. The molecular formula is C24H28F3N7O. The number of nitrogens with zero attached hydrogens (tertiary/aromatic N) is 6. The summed E-state index contributed by atoms with van der Waals surface area (Å²) in [7, 11) is 0. The summed E-state index contributed by atoms with van der Waals surface area (Å²) in [5, 5.41) is 7.45. The topological polar surface area (TPSA) is 73.4 Å². The highest BCUT2D eigenvalue weighted by molar-refractivity contribution is 5.63. The minimum Gasteiger partial charge on any atom is -0.378 e. The van der Waals surface area contributed by atoms with Gasteiger partial charge in [-0.25, -0.2) is 9.97 Å². The first-order valence-corrected chi connectivity index (χ1v) is 11.7. The van der Waals surface area contributed by atoms with Crippen LogP contribution >= 0.6 is 0 Å². The average Bonchev–Trinajstić information content (AvgIpc) is 3.32. The summed E-state index contributed by atoms with van der Waals surface area (Å²) in [6, 6.07) is 6.73. The molecule has 5 heterocycles. The summed E-state index contributed by atoms with van der Waals surface area (Å²) in [5.74, 6) is 1.51. The third-order valence-electron chi connectivity index (χ3n) is 6.55. The number of rotatable bonds is 5. The molecular weight excluding hydrogens is 459 g/mol. The zero-order chi connectivity index (χ0) is 24.4. The second kappa shape index (κ2) is 9.82. The predicted molar refractivity (Wildman–Crippen MR) is 126 cm³/mol. The maximum Gasteiger partial charge on any atom is 0.417 e. The Labute approximate surface area is 201 Å². The van der Waals surface area contributed by atoms with Crippen LogP contribution in [-0.2, 0) is 17.5 Å². The average molecular weight is 488 g/mol. The SMILES string of the molecule is CC1CN(Cc2c[nH]nc2-c2ccc(N3CCOCC3)nc2)CCN1c1ccc(C(F)(F)F)cn1. The van der Waals surface area contributed by atoms with Gasteiger partial charge in [-0.15, -0.1) is 0 Å². The second-order valence-corrected chi connectivity index (χ2v) is 8.94. The molecule has 0 bridgehead atoms. The van der Waals surface area contributed by atoms with Gasteiger partial charge in [0.15, 0.2) is 0 Å². The molecule has 2 aliphatic heterocycles. The number of hydrogen-bond acceptors (Lipinski definition) is 7. The van der Waals surface area contributed by atoms with Crippen molar-refractivity contribution in [3.8, 4) is 11.3 Å². The van der Waals surface area contributed by atoms with Crippen LogP contribution in [0.1, 0.15) is 18.1 Å². The Morgan fingerprint density at radius 3 is 2.43 bits per heavy atom. The summed E-state index contributed by atoms with van der Waals surface area (Å²) < 4.78 is 44.0. The quantitative estimate of drug-likeness (QED) is 0.591. The van der Waals surface area contributed by atoms with Crippen LogP contribution in [-0.4, -0.2) is 77.0 Å². The number of morpholine rings is 1. The molecule has 2 saturated heterocycles. The first kappa shape index (κ1) is 23.6. The van der Waals surface area contributed by atoms with Crippen LogP contribution < -0.4 is 9.80 Å². The molecule has 0 radical (unpaired) electrons. The third-order valence-corrected chi connectivity index (χ3v) is 6.55. The number of anilines is 2. The highest BCUT2D eigenvalue weighted by atomic mass is 19.4. The lowest BCUT2D eigenvalue weighted by molar-refractivity contribution is -0.137. The highest BCUT2D eigenvalue weighted by Gasteiger charge is 2.32. The number of nitrogens with one attached hydrogen (secondary N) is 1. The van der Waals surface area contributed by atoms with Gasteiger partial charge in [-0.2, -0.15) is 18.3 Å². The van der Waals surface area contributed by atoms with E-state index in [0.29, 0.717) is 25.6 Å². The van der Waals surface area contributed by atoms with Crippen LogP contribution in [0.4, 0.5) is 24.8 Å². The molecule has 1 atom stereocenters. The molecule has 8 nitrogen and oxygen atoms in total. The lowest BCUT2D eigenvalue weighted by Crippen LogP contribution is -2.51. The number of alkyl halides is 3. The van der Waals surface area contributed by atoms with E-state index >= 15 is 0 Å². The van der Waals surface area contributed by atoms with Crippen molar-refractivity contribution in [1.82, 2.24) is 25.1 Å². The molecule has 11 heteroatoms. The molecule has 0 spiro atoms. The van der Waals surface area contributed by atoms with Crippen molar-refractivity contribution in [3.05, 3.63) is 54.0 Å². The van der Waals surface area contributed by atoms with Gasteiger partial charge in [0.1, 0.15) is 11.6 Å². The molecule has 2 fully saturated rings. The summed E-state index contributed by atoms with van der Waals surface area (Å²) >= 11 is 0. The summed E-state index contributed by atoms with van der Waals surface area (Å²) in [6.45, 7) is 8.11. The number of piperazine rings is 1. The predicted octanol–water partition coefficient (Wildman–Crippen LogP) is 3.43. The Morgan fingerprint density at radius 1 is 1.00 bits per heavy atom. The fourth-order valence-electron chi connectivity index (χ4n) is 4.67. The van der Waals surface area contributed by atoms with E-state index < -0.39 is 11.7 Å². The van der Waals surface area contributed by atoms with Gasteiger partial charge in [0.25, 0.3) is 0 Å². The zero-order valence-corrected chi connectivity index (χ0v) is 19.5. The van der Waals surface area contributed by atoms with Gasteiger partial charge in [-0.1, -0.05) is 0 Å². The minimum atomic E-state index is -4.38. The smallest absolute Gasteiger partial charge is 0.378 e. The third kappa shape index (κ3) is 5.25. The van der Waals surface area contributed by atoms with Gasteiger partial charge in [0.05, 0.1) is 24.5 Å². The molecule has 3 aromatic heterocycles. The van der Waals surface area contributed by atoms with Crippen LogP contribution in [0.2, 0.25) is 0 Å². The van der Waals surface area contributed by atoms with Crippen molar-refractivity contribution < 1.29 is 17.9 Å². The van der Waals surface area contributed by atoms with Crippen molar-refractivity contribution in [2.24, 2.45) is 0 Å². The molecule has 1 N–H and O–H groups in total. The zero-order valence-electron chi connectivity index (χ0n) is 19.5. The van der Waals surface area contributed by atoms with Gasteiger partial charge in [-0.05, 0) is 31.2 Å². The molecule has 186 valence electrons. The van der Waals surface area contributed by atoms with Crippen molar-refractivity contribution in [3.63, 3.8) is 0 Å². The highest BCUT2D eigenvalue weighted by Crippen LogP contribution is 2.30. The number of pyridine rings is 2. The van der Waals surface area contributed by atoms with Gasteiger partial charge in [0, 0.05) is 75.0 Å². The van der Waals surface area contributed by atoms with Gasteiger partial charge >= 0.3 is 6.18 Å². The van der Waals surface area contributed by atoms with Gasteiger partial charge < -0.3 is 14.5 Å². The first-order chi connectivity index (χ1) is 16.9. The van der Waals surface area contributed by atoms with E-state index in [-0.39, 0.29) is 6.04 Å². The van der Waals surface area contributed by atoms with Crippen molar-refractivity contribution >= 4 is 11.6 Å². The van der Waals surface area contributed by atoms with Crippen molar-refractivity contribution in [2.45, 2.75) is 25.7 Å². The molecule has 0 amide bonds. The van der Waals surface area contributed by atoms with Crippen LogP contribution in [0.15, 0.2) is 42.9 Å². The molecule has 2 aliphatic rings. The number of ether oxygens (including phenoxy) is 1. The lowest BCUT2D eigenvalue weighted by atomic mass is 10.1. The fraction of sp³-hybridized carbons (Fsp3) is 0.458. The van der Waals surface area contributed by atoms with E-state index in [1.54, 1.807) is 0 Å². The largest absolute Gasteiger partial charge is 0.417 e.